The van der Waals surface area contributed by atoms with Gasteiger partial charge in [-0.25, -0.2) is 4.79 Å². The summed E-state index contributed by atoms with van der Waals surface area (Å²) in [6.45, 7) is 0. The quantitative estimate of drug-likeness (QED) is 0.730. The molecule has 0 radical (unpaired) electrons. The van der Waals surface area contributed by atoms with E-state index in [2.05, 4.69) is 5.32 Å². The van der Waals surface area contributed by atoms with E-state index < -0.39 is 23.2 Å². The second-order valence-corrected chi connectivity index (χ2v) is 6.36. The Kier molecular flexibility index (Phi) is 5.44. The van der Waals surface area contributed by atoms with Crippen LogP contribution in [-0.4, -0.2) is 22.2 Å². The number of nitrogens with one attached hydrogen (secondary N) is 1. The highest BCUT2D eigenvalue weighted by atomic mass is 16.5. The van der Waals surface area contributed by atoms with Crippen molar-refractivity contribution in [3.63, 3.8) is 0 Å². The molecule has 0 fully saturated rings. The largest absolute Gasteiger partial charge is 0.497 e. The smallest absolute Gasteiger partial charge is 0.331 e. The molecule has 0 saturated carbocycles. The van der Waals surface area contributed by atoms with Gasteiger partial charge in [0.1, 0.15) is 11.4 Å². The Morgan fingerprint density at radius 3 is 2.14 bits per heavy atom. The highest BCUT2D eigenvalue weighted by Gasteiger charge is 2.20. The lowest BCUT2D eigenvalue weighted by Crippen LogP contribution is -2.41. The summed E-state index contributed by atoms with van der Waals surface area (Å²) in [5, 5.41) is 2.93. The highest BCUT2D eigenvalue weighted by Crippen LogP contribution is 2.24. The van der Waals surface area contributed by atoms with Gasteiger partial charge in [-0.2, -0.15) is 0 Å². The van der Waals surface area contributed by atoms with Crippen LogP contribution in [0.3, 0.4) is 0 Å². The minimum Gasteiger partial charge on any atom is -0.497 e. The molecule has 1 aromatic heterocycles. The van der Waals surface area contributed by atoms with Crippen LogP contribution in [0.5, 0.6) is 5.75 Å². The van der Waals surface area contributed by atoms with Crippen LogP contribution < -0.4 is 21.3 Å². The third-order valence-electron chi connectivity index (χ3n) is 4.62. The number of benzene rings is 2. The lowest BCUT2D eigenvalue weighted by molar-refractivity contribution is 0.0932. The fourth-order valence-electron chi connectivity index (χ4n) is 2.96. The monoisotopic (exact) mass is 379 g/mol. The molecule has 0 aliphatic rings. The van der Waals surface area contributed by atoms with E-state index in [0.29, 0.717) is 5.75 Å². The summed E-state index contributed by atoms with van der Waals surface area (Å²) in [5.41, 5.74) is 0.624. The number of ether oxygens (including phenoxy) is 1. The molecule has 0 aliphatic carbocycles. The third kappa shape index (κ3) is 3.73. The van der Waals surface area contributed by atoms with Gasteiger partial charge in [0.25, 0.3) is 11.5 Å². The first-order chi connectivity index (χ1) is 13.4. The second-order valence-electron chi connectivity index (χ2n) is 6.36. The van der Waals surface area contributed by atoms with Crippen molar-refractivity contribution in [3.05, 3.63) is 98.3 Å². The molecule has 0 saturated heterocycles. The average molecular weight is 379 g/mol. The molecule has 1 heterocycles. The second kappa shape index (κ2) is 7.96. The van der Waals surface area contributed by atoms with E-state index in [1.54, 1.807) is 7.11 Å². The van der Waals surface area contributed by atoms with Crippen molar-refractivity contribution >= 4 is 5.91 Å². The first kappa shape index (κ1) is 19.2. The van der Waals surface area contributed by atoms with Crippen LogP contribution in [0.15, 0.2) is 70.3 Å². The summed E-state index contributed by atoms with van der Waals surface area (Å²) >= 11 is 0. The average Bonchev–Trinajstić information content (AvgIpc) is 2.73. The minimum absolute atomic E-state index is 0.00235. The van der Waals surface area contributed by atoms with Crippen LogP contribution >= 0.6 is 0 Å². The lowest BCUT2D eigenvalue weighted by atomic mass is 9.98. The molecule has 0 bridgehead atoms. The number of aromatic nitrogens is 2. The van der Waals surface area contributed by atoms with E-state index in [-0.39, 0.29) is 5.69 Å². The Morgan fingerprint density at radius 2 is 1.54 bits per heavy atom. The van der Waals surface area contributed by atoms with Crippen molar-refractivity contribution in [1.29, 1.82) is 0 Å². The van der Waals surface area contributed by atoms with Crippen LogP contribution in [0.2, 0.25) is 0 Å². The maximum atomic E-state index is 12.9. The summed E-state index contributed by atoms with van der Waals surface area (Å²) in [4.78, 5) is 37.0. The molecular weight excluding hydrogens is 358 g/mol. The van der Waals surface area contributed by atoms with E-state index >= 15 is 0 Å². The van der Waals surface area contributed by atoms with Gasteiger partial charge in [0.2, 0.25) is 0 Å². The highest BCUT2D eigenvalue weighted by molar-refractivity contribution is 5.93. The molecule has 0 unspecified atom stereocenters. The standard InChI is InChI=1S/C21H21N3O4/c1-23-17(13-18(25)24(2)21(23)27)20(26)22-19(14-7-5-4-6-8-14)15-9-11-16(28-3)12-10-15/h4-13,19H,1-3H3,(H,22,26)/t19-/m1/s1. The zero-order valence-electron chi connectivity index (χ0n) is 15.9. The summed E-state index contributed by atoms with van der Waals surface area (Å²) in [6, 6.07) is 17.5. The SMILES string of the molecule is COc1ccc([C@H](NC(=O)c2cc(=O)n(C)c(=O)n2C)c2ccccc2)cc1. The number of rotatable bonds is 5. The molecule has 28 heavy (non-hydrogen) atoms. The van der Waals surface area contributed by atoms with Crippen molar-refractivity contribution < 1.29 is 9.53 Å². The predicted octanol–water partition coefficient (Wildman–Crippen LogP) is 1.61. The van der Waals surface area contributed by atoms with Crippen LogP contribution in [-0.2, 0) is 14.1 Å². The zero-order chi connectivity index (χ0) is 20.3. The summed E-state index contributed by atoms with van der Waals surface area (Å²) in [6.07, 6.45) is 0. The molecule has 1 atom stereocenters. The Labute approximate surface area is 161 Å². The van der Waals surface area contributed by atoms with Gasteiger partial charge in [-0.05, 0) is 23.3 Å². The first-order valence-electron chi connectivity index (χ1n) is 8.69. The van der Waals surface area contributed by atoms with Crippen LogP contribution in [0.25, 0.3) is 0 Å². The Bertz CT molecular complexity index is 1100. The number of nitrogens with zero attached hydrogens (tertiary/aromatic N) is 2. The van der Waals surface area contributed by atoms with Crippen molar-refractivity contribution in [2.24, 2.45) is 14.1 Å². The van der Waals surface area contributed by atoms with Crippen LogP contribution in [0, 0.1) is 0 Å². The van der Waals surface area contributed by atoms with E-state index in [1.165, 1.54) is 14.1 Å². The van der Waals surface area contributed by atoms with Gasteiger partial charge in [-0.1, -0.05) is 42.5 Å². The van der Waals surface area contributed by atoms with Gasteiger partial charge in [-0.3, -0.25) is 18.7 Å². The Morgan fingerprint density at radius 1 is 0.929 bits per heavy atom. The molecule has 144 valence electrons. The molecule has 0 aliphatic heterocycles. The van der Waals surface area contributed by atoms with E-state index in [4.69, 9.17) is 4.74 Å². The number of carbonyl (C=O) groups is 1. The lowest BCUT2D eigenvalue weighted by Gasteiger charge is -2.21. The Hall–Kier alpha value is -3.61. The van der Waals surface area contributed by atoms with Gasteiger partial charge in [0.05, 0.1) is 13.2 Å². The van der Waals surface area contributed by atoms with Crippen molar-refractivity contribution in [1.82, 2.24) is 14.5 Å². The molecule has 3 rings (SSSR count). The molecule has 7 nitrogen and oxygen atoms in total. The van der Waals surface area contributed by atoms with Gasteiger partial charge in [0, 0.05) is 20.2 Å². The van der Waals surface area contributed by atoms with Gasteiger partial charge in [-0.15, -0.1) is 0 Å². The van der Waals surface area contributed by atoms with Gasteiger partial charge < -0.3 is 10.1 Å². The Balaban J connectivity index is 2.01. The number of methoxy groups -OCH3 is 1. The maximum Gasteiger partial charge on any atom is 0.331 e. The molecule has 3 aromatic rings. The van der Waals surface area contributed by atoms with Crippen molar-refractivity contribution in [3.8, 4) is 5.75 Å². The summed E-state index contributed by atoms with van der Waals surface area (Å²) in [7, 11) is 4.42. The number of hydrogen-bond donors (Lipinski definition) is 1. The maximum absolute atomic E-state index is 12.9. The zero-order valence-corrected chi connectivity index (χ0v) is 15.9. The van der Waals surface area contributed by atoms with E-state index in [1.807, 2.05) is 54.6 Å². The summed E-state index contributed by atoms with van der Waals surface area (Å²) in [5.74, 6) is 0.192. The molecule has 1 amide bonds. The van der Waals surface area contributed by atoms with Crippen LogP contribution in [0.1, 0.15) is 27.7 Å². The van der Waals surface area contributed by atoms with Gasteiger partial charge in [0.15, 0.2) is 0 Å². The minimum atomic E-state index is -0.557. The number of hydrogen-bond acceptors (Lipinski definition) is 4. The van der Waals surface area contributed by atoms with Crippen molar-refractivity contribution in [2.75, 3.05) is 7.11 Å². The van der Waals surface area contributed by atoms with Crippen LogP contribution in [0.4, 0.5) is 0 Å². The first-order valence-corrected chi connectivity index (χ1v) is 8.69. The fourth-order valence-corrected chi connectivity index (χ4v) is 2.96. The van der Waals surface area contributed by atoms with Gasteiger partial charge >= 0.3 is 5.69 Å². The van der Waals surface area contributed by atoms with E-state index in [0.717, 1.165) is 26.3 Å². The molecule has 7 heteroatoms. The fraction of sp³-hybridized carbons (Fsp3) is 0.190. The van der Waals surface area contributed by atoms with Crippen molar-refractivity contribution in [2.45, 2.75) is 6.04 Å². The molecular formula is C21H21N3O4. The number of carbonyl (C=O) groups excluding carboxylic acids is 1. The molecule has 1 N–H and O–H groups in total. The van der Waals surface area contributed by atoms with E-state index in [9.17, 15) is 14.4 Å². The summed E-state index contributed by atoms with van der Waals surface area (Å²) < 4.78 is 7.31. The predicted molar refractivity (Wildman–Crippen MR) is 106 cm³/mol. The molecule has 2 aromatic carbocycles. The third-order valence-corrected chi connectivity index (χ3v) is 4.62. The topological polar surface area (TPSA) is 82.3 Å². The number of amides is 1. The molecule has 0 spiro atoms. The normalized spacial score (nSPS) is 11.7.